The smallest absolute Gasteiger partial charge is 0.114 e. The molecule has 1 aliphatic heterocycles. The van der Waals surface area contributed by atoms with E-state index in [2.05, 4.69) is 53.5 Å². The average Bonchev–Trinajstić information content (AvgIpc) is 3.29. The number of allylic oxidation sites excluding steroid dienone is 2. The second-order valence-corrected chi connectivity index (χ2v) is 11.7. The third-order valence-electron chi connectivity index (χ3n) is 7.91. The lowest BCUT2D eigenvalue weighted by Crippen LogP contribution is -2.33. The van der Waals surface area contributed by atoms with Crippen molar-refractivity contribution in [3.63, 3.8) is 0 Å². The van der Waals surface area contributed by atoms with Crippen molar-refractivity contribution in [3.05, 3.63) is 11.9 Å². The lowest BCUT2D eigenvalue weighted by molar-refractivity contribution is 0.129. The van der Waals surface area contributed by atoms with Crippen molar-refractivity contribution < 1.29 is 9.50 Å². The van der Waals surface area contributed by atoms with E-state index in [1.54, 1.807) is 6.92 Å². The van der Waals surface area contributed by atoms with Gasteiger partial charge in [0.1, 0.15) is 5.83 Å². The molecule has 1 saturated carbocycles. The minimum atomic E-state index is -0.431. The molecule has 3 atom stereocenters. The van der Waals surface area contributed by atoms with Crippen LogP contribution >= 0.6 is 11.6 Å². The van der Waals surface area contributed by atoms with Gasteiger partial charge in [0.05, 0.1) is 11.5 Å². The molecule has 1 heterocycles. The van der Waals surface area contributed by atoms with Crippen LogP contribution in [0.15, 0.2) is 11.9 Å². The summed E-state index contributed by atoms with van der Waals surface area (Å²) in [6.07, 6.45) is 9.76. The zero-order valence-corrected chi connectivity index (χ0v) is 23.5. The highest BCUT2D eigenvalue weighted by Crippen LogP contribution is 2.31. The SMILES string of the molecule is C/C=C(/F)C(Cl)CC(C)C1CCN(C)CC1.CC(C)C(C)C(C)C.CC(O)C1CCCC1. The highest BCUT2D eigenvalue weighted by atomic mass is 35.5. The van der Waals surface area contributed by atoms with E-state index >= 15 is 0 Å². The number of aliphatic hydroxyl groups excluding tert-OH is 1. The Labute approximate surface area is 205 Å². The van der Waals surface area contributed by atoms with Gasteiger partial charge in [0.2, 0.25) is 0 Å². The van der Waals surface area contributed by atoms with Crippen molar-refractivity contribution >= 4 is 11.6 Å². The number of piperidine rings is 1. The highest BCUT2D eigenvalue weighted by molar-refractivity contribution is 6.22. The van der Waals surface area contributed by atoms with E-state index in [4.69, 9.17) is 16.7 Å². The second kappa shape index (κ2) is 17.3. The van der Waals surface area contributed by atoms with Crippen molar-refractivity contribution in [1.82, 2.24) is 4.90 Å². The molecule has 0 aromatic carbocycles. The molecule has 2 nitrogen and oxygen atoms in total. The summed E-state index contributed by atoms with van der Waals surface area (Å²) >= 11 is 6.02. The summed E-state index contributed by atoms with van der Waals surface area (Å²) < 4.78 is 13.2. The maximum absolute atomic E-state index is 13.2. The molecule has 0 amide bonds. The molecule has 1 N–H and O–H groups in total. The van der Waals surface area contributed by atoms with Crippen molar-refractivity contribution in [1.29, 1.82) is 0 Å². The molecule has 0 radical (unpaired) electrons. The molecular formula is C28H55ClFNO. The first kappa shape index (κ1) is 31.9. The maximum Gasteiger partial charge on any atom is 0.114 e. The predicted octanol–water partition coefficient (Wildman–Crippen LogP) is 8.33. The third kappa shape index (κ3) is 13.6. The summed E-state index contributed by atoms with van der Waals surface area (Å²) in [5.74, 6) is 4.22. The van der Waals surface area contributed by atoms with Crippen LogP contribution in [-0.2, 0) is 0 Å². The van der Waals surface area contributed by atoms with E-state index < -0.39 is 5.38 Å². The molecule has 1 saturated heterocycles. The zero-order chi connectivity index (χ0) is 24.8. The van der Waals surface area contributed by atoms with E-state index in [1.807, 2.05) is 6.92 Å². The highest BCUT2D eigenvalue weighted by Gasteiger charge is 2.25. The van der Waals surface area contributed by atoms with Crippen molar-refractivity contribution in [2.75, 3.05) is 20.1 Å². The quantitative estimate of drug-likeness (QED) is 0.374. The first-order chi connectivity index (χ1) is 14.9. The Balaban J connectivity index is 0.000000504. The van der Waals surface area contributed by atoms with E-state index in [0.717, 1.165) is 37.3 Å². The standard InChI is InChI=1S/C13H23ClFN.C8H18.C7H14O/c1-4-13(15)12(14)9-10(2)11-5-7-16(3)8-6-11;1-6(2)8(5)7(3)4;1-6(8)7-4-2-3-5-7/h4,10-12H,5-9H2,1-3H3;6-8H,1-5H3;6-8H,2-5H2,1H3/b13-4+;;. The number of rotatable bonds is 7. The van der Waals surface area contributed by atoms with Gasteiger partial charge < -0.3 is 10.0 Å². The Bertz CT molecular complexity index is 464. The predicted molar refractivity (Wildman–Crippen MR) is 141 cm³/mol. The summed E-state index contributed by atoms with van der Waals surface area (Å²) in [5, 5.41) is 8.62. The van der Waals surface area contributed by atoms with Crippen LogP contribution in [0.2, 0.25) is 0 Å². The van der Waals surface area contributed by atoms with Gasteiger partial charge in [-0.1, -0.05) is 60.5 Å². The molecule has 1 aliphatic carbocycles. The summed E-state index contributed by atoms with van der Waals surface area (Å²) in [7, 11) is 2.16. The molecule has 2 fully saturated rings. The van der Waals surface area contributed by atoms with Crippen LogP contribution in [0.3, 0.4) is 0 Å². The van der Waals surface area contributed by atoms with Crippen LogP contribution in [0.1, 0.15) is 100 Å². The fourth-order valence-corrected chi connectivity index (χ4v) is 5.03. The first-order valence-electron chi connectivity index (χ1n) is 13.2. The van der Waals surface area contributed by atoms with Crippen molar-refractivity contribution in [2.24, 2.45) is 35.5 Å². The van der Waals surface area contributed by atoms with E-state index in [9.17, 15) is 4.39 Å². The Hall–Kier alpha value is -0.120. The monoisotopic (exact) mass is 475 g/mol. The van der Waals surface area contributed by atoms with Crippen LogP contribution in [-0.4, -0.2) is 41.6 Å². The summed E-state index contributed by atoms with van der Waals surface area (Å²) in [6, 6.07) is 0. The first-order valence-corrected chi connectivity index (χ1v) is 13.7. The number of hydrogen-bond acceptors (Lipinski definition) is 2. The Morgan fingerprint density at radius 1 is 0.938 bits per heavy atom. The minimum absolute atomic E-state index is 0.0579. The van der Waals surface area contributed by atoms with Crippen molar-refractivity contribution in [2.45, 2.75) is 112 Å². The largest absolute Gasteiger partial charge is 0.393 e. The molecule has 3 unspecified atom stereocenters. The van der Waals surface area contributed by atoms with Gasteiger partial charge >= 0.3 is 0 Å². The molecule has 192 valence electrons. The molecule has 2 aliphatic rings. The van der Waals surface area contributed by atoms with Gasteiger partial charge in [0.15, 0.2) is 0 Å². The zero-order valence-electron chi connectivity index (χ0n) is 22.7. The lowest BCUT2D eigenvalue weighted by atomic mass is 9.83. The van der Waals surface area contributed by atoms with Gasteiger partial charge in [-0.2, -0.15) is 0 Å². The minimum Gasteiger partial charge on any atom is -0.393 e. The molecule has 32 heavy (non-hydrogen) atoms. The lowest BCUT2D eigenvalue weighted by Gasteiger charge is -2.33. The maximum atomic E-state index is 13.2. The average molecular weight is 476 g/mol. The molecule has 0 aromatic rings. The topological polar surface area (TPSA) is 23.5 Å². The summed E-state index contributed by atoms with van der Waals surface area (Å²) in [4.78, 5) is 2.36. The molecule has 0 bridgehead atoms. The van der Waals surface area contributed by atoms with Crippen LogP contribution in [0.5, 0.6) is 0 Å². The number of hydrogen-bond donors (Lipinski definition) is 1. The van der Waals surface area contributed by atoms with E-state index in [-0.39, 0.29) is 11.9 Å². The van der Waals surface area contributed by atoms with Gasteiger partial charge in [0, 0.05) is 0 Å². The molecule has 0 spiro atoms. The van der Waals surface area contributed by atoms with E-state index in [0.29, 0.717) is 17.8 Å². The Morgan fingerprint density at radius 2 is 1.41 bits per heavy atom. The van der Waals surface area contributed by atoms with Gasteiger partial charge in [-0.15, -0.1) is 11.6 Å². The van der Waals surface area contributed by atoms with Gasteiger partial charge in [-0.25, -0.2) is 4.39 Å². The van der Waals surface area contributed by atoms with Crippen LogP contribution in [0.25, 0.3) is 0 Å². The fraction of sp³-hybridized carbons (Fsp3) is 0.929. The molecule has 4 heteroatoms. The normalized spacial score (nSPS) is 21.8. The summed E-state index contributed by atoms with van der Waals surface area (Å²) in [5.41, 5.74) is 0. The Kier molecular flexibility index (Phi) is 17.3. The Morgan fingerprint density at radius 3 is 1.72 bits per heavy atom. The van der Waals surface area contributed by atoms with Crippen LogP contribution < -0.4 is 0 Å². The van der Waals surface area contributed by atoms with Crippen LogP contribution in [0.4, 0.5) is 4.39 Å². The summed E-state index contributed by atoms with van der Waals surface area (Å²) in [6.45, 7) is 19.6. The number of nitrogens with zero attached hydrogens (tertiary/aromatic N) is 1. The van der Waals surface area contributed by atoms with Crippen LogP contribution in [0, 0.1) is 35.5 Å². The third-order valence-corrected chi connectivity index (χ3v) is 8.29. The van der Waals surface area contributed by atoms with Crippen molar-refractivity contribution in [3.8, 4) is 0 Å². The van der Waals surface area contributed by atoms with Gasteiger partial charge in [-0.3, -0.25) is 0 Å². The fourth-order valence-electron chi connectivity index (χ4n) is 4.62. The second-order valence-electron chi connectivity index (χ2n) is 11.1. The van der Waals surface area contributed by atoms with Gasteiger partial charge in [0.25, 0.3) is 0 Å². The number of alkyl halides is 1. The van der Waals surface area contributed by atoms with Gasteiger partial charge in [-0.05, 0) is 102 Å². The number of aliphatic hydroxyl groups is 1. The molecular weight excluding hydrogens is 421 g/mol. The number of likely N-dealkylation sites (tertiary alicyclic amines) is 1. The molecule has 2 rings (SSSR count). The molecule has 0 aromatic heterocycles. The number of halogens is 2. The van der Waals surface area contributed by atoms with E-state index in [1.165, 1.54) is 44.6 Å².